The lowest BCUT2D eigenvalue weighted by Crippen LogP contribution is -2.05. The highest BCUT2D eigenvalue weighted by molar-refractivity contribution is 6.30. The lowest BCUT2D eigenvalue weighted by Gasteiger charge is -1.95. The third-order valence-corrected chi connectivity index (χ3v) is 1.54. The van der Waals surface area contributed by atoms with E-state index in [1.54, 1.807) is 0 Å². The summed E-state index contributed by atoms with van der Waals surface area (Å²) in [6, 6.07) is 3.97. The molecule has 0 aliphatic rings. The van der Waals surface area contributed by atoms with Crippen LogP contribution in [0.5, 0.6) is 0 Å². The van der Waals surface area contributed by atoms with Crippen molar-refractivity contribution in [2.45, 2.75) is 0 Å². The molecule has 1 amide bonds. The summed E-state index contributed by atoms with van der Waals surface area (Å²) in [6.07, 6.45) is 2.54. The molecule has 0 spiro atoms. The fourth-order valence-electron chi connectivity index (χ4n) is 0.850. The first-order valence-electron chi connectivity index (χ1n) is 3.51. The number of rotatable bonds is 2. The molecule has 0 heterocycles. The minimum absolute atomic E-state index is 0.282. The average Bonchev–Trinajstić information content (AvgIpc) is 1.99. The zero-order chi connectivity index (χ0) is 9.84. The number of carbonyl (C=O) groups excluding carboxylic acids is 1. The molecule has 68 valence electrons. The van der Waals surface area contributed by atoms with E-state index in [-0.39, 0.29) is 5.02 Å². The molecule has 1 rings (SSSR count). The minimum Gasteiger partial charge on any atom is -0.366 e. The lowest BCUT2D eigenvalue weighted by molar-refractivity contribution is -0.113. The highest BCUT2D eigenvalue weighted by atomic mass is 35.5. The number of halogens is 2. The van der Waals surface area contributed by atoms with Crippen molar-refractivity contribution in [3.05, 3.63) is 40.7 Å². The predicted molar refractivity (Wildman–Crippen MR) is 49.6 cm³/mol. The van der Waals surface area contributed by atoms with Crippen LogP contribution in [0.15, 0.2) is 24.3 Å². The molecule has 1 aromatic carbocycles. The second kappa shape index (κ2) is 4.05. The standard InChI is InChI=1S/C9H7ClFNO/c10-7-3-6(1-2-9(12)13)4-8(11)5-7/h1-5H,(H2,12,13)/b2-1-. The molecule has 2 N–H and O–H groups in total. The molecule has 0 aliphatic heterocycles. The van der Waals surface area contributed by atoms with Crippen LogP contribution in [0.25, 0.3) is 6.08 Å². The molecular weight excluding hydrogens is 193 g/mol. The van der Waals surface area contributed by atoms with Gasteiger partial charge in [-0.2, -0.15) is 0 Å². The fourth-order valence-corrected chi connectivity index (χ4v) is 1.08. The van der Waals surface area contributed by atoms with Crippen molar-refractivity contribution in [1.82, 2.24) is 0 Å². The van der Waals surface area contributed by atoms with Crippen LogP contribution in [0.2, 0.25) is 5.02 Å². The van der Waals surface area contributed by atoms with Crippen LogP contribution in [0, 0.1) is 5.82 Å². The van der Waals surface area contributed by atoms with E-state index in [1.165, 1.54) is 24.3 Å². The number of hydrogen-bond donors (Lipinski definition) is 1. The molecule has 0 aromatic heterocycles. The first kappa shape index (κ1) is 9.74. The Hall–Kier alpha value is -1.35. The number of hydrogen-bond acceptors (Lipinski definition) is 1. The van der Waals surface area contributed by atoms with E-state index >= 15 is 0 Å². The van der Waals surface area contributed by atoms with Crippen molar-refractivity contribution < 1.29 is 9.18 Å². The topological polar surface area (TPSA) is 43.1 Å². The number of primary amides is 1. The van der Waals surface area contributed by atoms with Gasteiger partial charge in [-0.3, -0.25) is 4.79 Å². The molecule has 0 saturated carbocycles. The third kappa shape index (κ3) is 3.25. The normalized spacial score (nSPS) is 10.6. The van der Waals surface area contributed by atoms with Gasteiger partial charge in [0.25, 0.3) is 0 Å². The summed E-state index contributed by atoms with van der Waals surface area (Å²) >= 11 is 5.58. The molecular formula is C9H7ClFNO. The van der Waals surface area contributed by atoms with Crippen molar-refractivity contribution in [2.75, 3.05) is 0 Å². The van der Waals surface area contributed by atoms with Crippen molar-refractivity contribution in [2.24, 2.45) is 5.73 Å². The number of nitrogens with two attached hydrogens (primary N) is 1. The smallest absolute Gasteiger partial charge is 0.241 e. The van der Waals surface area contributed by atoms with Crippen molar-refractivity contribution in [3.63, 3.8) is 0 Å². The number of benzene rings is 1. The SMILES string of the molecule is NC(=O)/C=C\c1cc(F)cc(Cl)c1. The van der Waals surface area contributed by atoms with E-state index in [0.29, 0.717) is 5.56 Å². The molecule has 0 fully saturated rings. The van der Waals surface area contributed by atoms with Crippen molar-refractivity contribution in [3.8, 4) is 0 Å². The Bertz CT molecular complexity index is 342. The van der Waals surface area contributed by atoms with Gasteiger partial charge in [0, 0.05) is 11.1 Å². The van der Waals surface area contributed by atoms with Gasteiger partial charge in [0.1, 0.15) is 5.82 Å². The first-order chi connectivity index (χ1) is 6.08. The Kier molecular flexibility index (Phi) is 3.03. The van der Waals surface area contributed by atoms with Crippen LogP contribution < -0.4 is 5.73 Å². The largest absolute Gasteiger partial charge is 0.366 e. The van der Waals surface area contributed by atoms with E-state index in [2.05, 4.69) is 0 Å². The Balaban J connectivity index is 2.95. The maximum absolute atomic E-state index is 12.7. The summed E-state index contributed by atoms with van der Waals surface area (Å²) in [5.41, 5.74) is 5.37. The molecule has 2 nitrogen and oxygen atoms in total. The van der Waals surface area contributed by atoms with E-state index in [9.17, 15) is 9.18 Å². The molecule has 0 atom stereocenters. The van der Waals surface area contributed by atoms with Gasteiger partial charge in [-0.05, 0) is 29.8 Å². The molecule has 4 heteroatoms. The average molecular weight is 200 g/mol. The Morgan fingerprint density at radius 1 is 1.46 bits per heavy atom. The maximum Gasteiger partial charge on any atom is 0.241 e. The zero-order valence-corrected chi connectivity index (χ0v) is 7.38. The van der Waals surface area contributed by atoms with E-state index in [0.717, 1.165) is 6.08 Å². The Morgan fingerprint density at radius 3 is 2.69 bits per heavy atom. The third-order valence-electron chi connectivity index (χ3n) is 1.32. The van der Waals surface area contributed by atoms with Gasteiger partial charge in [0.2, 0.25) is 5.91 Å². The maximum atomic E-state index is 12.7. The van der Waals surface area contributed by atoms with E-state index < -0.39 is 11.7 Å². The molecule has 1 aromatic rings. The highest BCUT2D eigenvalue weighted by Crippen LogP contribution is 2.14. The fraction of sp³-hybridized carbons (Fsp3) is 0. The lowest BCUT2D eigenvalue weighted by atomic mass is 10.2. The van der Waals surface area contributed by atoms with Crippen LogP contribution in [0.1, 0.15) is 5.56 Å². The quantitative estimate of drug-likeness (QED) is 0.728. The van der Waals surface area contributed by atoms with Crippen LogP contribution in [0.3, 0.4) is 0 Å². The summed E-state index contributed by atoms with van der Waals surface area (Å²) in [7, 11) is 0. The minimum atomic E-state index is -0.583. The van der Waals surface area contributed by atoms with E-state index in [1.807, 2.05) is 0 Å². The second-order valence-corrected chi connectivity index (χ2v) is 2.87. The van der Waals surface area contributed by atoms with Crippen LogP contribution in [-0.2, 0) is 4.79 Å². The van der Waals surface area contributed by atoms with E-state index in [4.69, 9.17) is 17.3 Å². The molecule has 13 heavy (non-hydrogen) atoms. The van der Waals surface area contributed by atoms with Crippen LogP contribution in [-0.4, -0.2) is 5.91 Å². The molecule has 0 unspecified atom stereocenters. The Morgan fingerprint density at radius 2 is 2.15 bits per heavy atom. The zero-order valence-electron chi connectivity index (χ0n) is 6.63. The van der Waals surface area contributed by atoms with Gasteiger partial charge < -0.3 is 5.73 Å². The van der Waals surface area contributed by atoms with Gasteiger partial charge in [-0.15, -0.1) is 0 Å². The summed E-state index contributed by atoms with van der Waals surface area (Å²) in [6.45, 7) is 0. The Labute approximate surface area is 79.8 Å². The number of carbonyl (C=O) groups is 1. The summed E-state index contributed by atoms with van der Waals surface area (Å²) in [5.74, 6) is -1.03. The summed E-state index contributed by atoms with van der Waals surface area (Å²) < 4.78 is 12.7. The summed E-state index contributed by atoms with van der Waals surface area (Å²) in [5, 5.41) is 0.282. The summed E-state index contributed by atoms with van der Waals surface area (Å²) in [4.78, 5) is 10.4. The monoisotopic (exact) mass is 199 g/mol. The van der Waals surface area contributed by atoms with Gasteiger partial charge >= 0.3 is 0 Å². The van der Waals surface area contributed by atoms with Gasteiger partial charge in [0.15, 0.2) is 0 Å². The number of amides is 1. The predicted octanol–water partition coefficient (Wildman–Crippen LogP) is 1.98. The van der Waals surface area contributed by atoms with Crippen molar-refractivity contribution >= 4 is 23.6 Å². The first-order valence-corrected chi connectivity index (χ1v) is 3.89. The second-order valence-electron chi connectivity index (χ2n) is 2.44. The molecule has 0 aliphatic carbocycles. The van der Waals surface area contributed by atoms with Gasteiger partial charge in [0.05, 0.1) is 0 Å². The van der Waals surface area contributed by atoms with Gasteiger partial charge in [-0.25, -0.2) is 4.39 Å². The van der Waals surface area contributed by atoms with Crippen LogP contribution >= 0.6 is 11.6 Å². The molecule has 0 radical (unpaired) electrons. The van der Waals surface area contributed by atoms with Crippen LogP contribution in [0.4, 0.5) is 4.39 Å². The van der Waals surface area contributed by atoms with Crippen molar-refractivity contribution in [1.29, 1.82) is 0 Å². The highest BCUT2D eigenvalue weighted by Gasteiger charge is 1.96. The van der Waals surface area contributed by atoms with Gasteiger partial charge in [-0.1, -0.05) is 11.6 Å². The molecule has 0 bridgehead atoms. The molecule has 0 saturated heterocycles.